The average molecular weight is 278 g/mol. The molecule has 0 saturated carbocycles. The van der Waals surface area contributed by atoms with Gasteiger partial charge in [0.2, 0.25) is 0 Å². The van der Waals surface area contributed by atoms with E-state index in [1.54, 1.807) is 13.8 Å². The highest BCUT2D eigenvalue weighted by Crippen LogP contribution is 2.30. The Balaban J connectivity index is 3.10. The van der Waals surface area contributed by atoms with E-state index < -0.39 is 18.1 Å². The summed E-state index contributed by atoms with van der Waals surface area (Å²) < 4.78 is 50.3. The molecule has 0 amide bonds. The van der Waals surface area contributed by atoms with Crippen molar-refractivity contribution in [3.63, 3.8) is 0 Å². The molecular formula is C12H13F3O4. The van der Waals surface area contributed by atoms with E-state index in [0.29, 0.717) is 0 Å². The molecule has 0 bridgehead atoms. The summed E-state index contributed by atoms with van der Waals surface area (Å²) in [4.78, 5) is 11.5. The lowest BCUT2D eigenvalue weighted by Crippen LogP contribution is -2.19. The van der Waals surface area contributed by atoms with E-state index in [1.165, 1.54) is 12.1 Å². The highest BCUT2D eigenvalue weighted by molar-refractivity contribution is 5.92. The number of carbonyl (C=O) groups excluding carboxylic acids is 1. The summed E-state index contributed by atoms with van der Waals surface area (Å²) in [5.41, 5.74) is -0.303. The summed E-state index contributed by atoms with van der Waals surface area (Å²) in [7, 11) is 0. The molecule has 4 nitrogen and oxygen atoms in total. The van der Waals surface area contributed by atoms with Crippen molar-refractivity contribution >= 4 is 5.97 Å². The lowest BCUT2D eigenvalue weighted by Gasteiger charge is -2.14. The predicted molar refractivity (Wildman–Crippen MR) is 60.3 cm³/mol. The van der Waals surface area contributed by atoms with Crippen molar-refractivity contribution in [3.05, 3.63) is 23.8 Å². The smallest absolute Gasteiger partial charge is 0.494 e. The number of carbonyl (C=O) groups is 1. The first kappa shape index (κ1) is 15.1. The van der Waals surface area contributed by atoms with E-state index in [4.69, 9.17) is 4.74 Å². The normalized spacial score (nSPS) is 11.0. The van der Waals surface area contributed by atoms with E-state index in [0.717, 1.165) is 6.07 Å². The second kappa shape index (κ2) is 6.31. The number of rotatable bonds is 5. The summed E-state index contributed by atoms with van der Waals surface area (Å²) in [6, 6.07) is 3.55. The average Bonchev–Trinajstić information content (AvgIpc) is 2.27. The minimum absolute atomic E-state index is 0.0531. The largest absolute Gasteiger partial charge is 0.573 e. The minimum Gasteiger partial charge on any atom is -0.494 e. The first-order valence-corrected chi connectivity index (χ1v) is 5.57. The molecule has 0 N–H and O–H groups in total. The van der Waals surface area contributed by atoms with Gasteiger partial charge >= 0.3 is 12.3 Å². The van der Waals surface area contributed by atoms with Gasteiger partial charge in [-0.25, -0.2) is 4.79 Å². The number of alkyl halides is 3. The van der Waals surface area contributed by atoms with Crippen LogP contribution >= 0.6 is 0 Å². The van der Waals surface area contributed by atoms with Crippen LogP contribution in [0.5, 0.6) is 11.5 Å². The third kappa shape index (κ3) is 4.69. The molecule has 0 unspecified atom stereocenters. The minimum atomic E-state index is -4.90. The van der Waals surface area contributed by atoms with Crippen LogP contribution in [0.4, 0.5) is 13.2 Å². The fourth-order valence-corrected chi connectivity index (χ4v) is 1.35. The van der Waals surface area contributed by atoms with Gasteiger partial charge in [0.25, 0.3) is 0 Å². The van der Waals surface area contributed by atoms with Gasteiger partial charge in [0.1, 0.15) is 17.1 Å². The molecule has 0 saturated heterocycles. The van der Waals surface area contributed by atoms with E-state index in [2.05, 4.69) is 9.47 Å². The molecule has 1 aromatic rings. The molecule has 0 radical (unpaired) electrons. The van der Waals surface area contributed by atoms with Crippen LogP contribution in [0.3, 0.4) is 0 Å². The van der Waals surface area contributed by atoms with Crippen LogP contribution < -0.4 is 9.47 Å². The Labute approximate surface area is 108 Å². The van der Waals surface area contributed by atoms with E-state index in [1.807, 2.05) is 0 Å². The monoisotopic (exact) mass is 278 g/mol. The molecule has 0 fully saturated rings. The molecule has 1 rings (SSSR count). The zero-order valence-electron chi connectivity index (χ0n) is 10.4. The van der Waals surface area contributed by atoms with Gasteiger partial charge < -0.3 is 14.2 Å². The number of esters is 1. The Kier molecular flexibility index (Phi) is 5.02. The van der Waals surface area contributed by atoms with E-state index in [9.17, 15) is 18.0 Å². The number of benzene rings is 1. The van der Waals surface area contributed by atoms with Crippen molar-refractivity contribution in [2.24, 2.45) is 0 Å². The molecular weight excluding hydrogens is 265 g/mol. The second-order valence-corrected chi connectivity index (χ2v) is 3.36. The standard InChI is InChI=1S/C12H13F3O4/c1-3-17-8-5-6-9(11(16)18-4-2)10(7-8)19-12(13,14)15/h5-7H,3-4H2,1-2H3. The number of ether oxygens (including phenoxy) is 3. The van der Waals surface area contributed by atoms with Crippen molar-refractivity contribution < 1.29 is 32.2 Å². The van der Waals surface area contributed by atoms with Crippen LogP contribution in [-0.2, 0) is 4.74 Å². The SMILES string of the molecule is CCOC(=O)c1ccc(OCC)cc1OC(F)(F)F. The Morgan fingerprint density at radius 1 is 1.21 bits per heavy atom. The number of hydrogen-bond donors (Lipinski definition) is 0. The molecule has 106 valence electrons. The number of hydrogen-bond acceptors (Lipinski definition) is 4. The van der Waals surface area contributed by atoms with Gasteiger partial charge in [-0.2, -0.15) is 0 Å². The molecule has 0 heterocycles. The summed E-state index contributed by atoms with van der Waals surface area (Å²) >= 11 is 0. The van der Waals surface area contributed by atoms with Crippen LogP contribution in [-0.4, -0.2) is 25.5 Å². The molecule has 0 aliphatic heterocycles. The maximum atomic E-state index is 12.3. The Hall–Kier alpha value is -1.92. The molecule has 0 aromatic heterocycles. The fraction of sp³-hybridized carbons (Fsp3) is 0.417. The van der Waals surface area contributed by atoms with Crippen LogP contribution in [0.2, 0.25) is 0 Å². The zero-order chi connectivity index (χ0) is 14.5. The molecule has 1 aromatic carbocycles. The molecule has 7 heteroatoms. The molecule has 0 spiro atoms. The predicted octanol–water partition coefficient (Wildman–Crippen LogP) is 3.16. The first-order valence-electron chi connectivity index (χ1n) is 5.57. The second-order valence-electron chi connectivity index (χ2n) is 3.36. The quantitative estimate of drug-likeness (QED) is 0.776. The van der Waals surface area contributed by atoms with Crippen molar-refractivity contribution in [1.82, 2.24) is 0 Å². The Morgan fingerprint density at radius 2 is 1.89 bits per heavy atom. The summed E-state index contributed by atoms with van der Waals surface area (Å²) in [5, 5.41) is 0. The van der Waals surface area contributed by atoms with Crippen molar-refractivity contribution in [2.75, 3.05) is 13.2 Å². The molecule has 0 aliphatic carbocycles. The highest BCUT2D eigenvalue weighted by Gasteiger charge is 2.33. The van der Waals surface area contributed by atoms with Gasteiger partial charge in [0.15, 0.2) is 0 Å². The summed E-state index contributed by atoms with van der Waals surface area (Å²) in [6.45, 7) is 3.57. The van der Waals surface area contributed by atoms with Gasteiger partial charge in [-0.05, 0) is 26.0 Å². The van der Waals surface area contributed by atoms with Crippen LogP contribution in [0.25, 0.3) is 0 Å². The zero-order valence-corrected chi connectivity index (χ0v) is 10.4. The molecule has 0 aliphatic rings. The highest BCUT2D eigenvalue weighted by atomic mass is 19.4. The van der Waals surface area contributed by atoms with Crippen molar-refractivity contribution in [1.29, 1.82) is 0 Å². The van der Waals surface area contributed by atoms with Crippen LogP contribution in [0, 0.1) is 0 Å². The van der Waals surface area contributed by atoms with Crippen LogP contribution in [0.15, 0.2) is 18.2 Å². The maximum absolute atomic E-state index is 12.3. The Morgan fingerprint density at radius 3 is 2.42 bits per heavy atom. The van der Waals surface area contributed by atoms with Gasteiger partial charge in [0, 0.05) is 6.07 Å². The molecule has 0 atom stereocenters. The lowest BCUT2D eigenvalue weighted by molar-refractivity contribution is -0.274. The van der Waals surface area contributed by atoms with Gasteiger partial charge in [-0.15, -0.1) is 13.2 Å². The lowest BCUT2D eigenvalue weighted by atomic mass is 10.2. The first-order chi connectivity index (χ1) is 8.87. The third-order valence-electron chi connectivity index (χ3n) is 1.99. The number of halogens is 3. The topological polar surface area (TPSA) is 44.8 Å². The van der Waals surface area contributed by atoms with Crippen molar-refractivity contribution in [3.8, 4) is 11.5 Å². The van der Waals surface area contributed by atoms with Gasteiger partial charge in [0.05, 0.1) is 13.2 Å². The Bertz CT molecular complexity index is 443. The van der Waals surface area contributed by atoms with E-state index >= 15 is 0 Å². The van der Waals surface area contributed by atoms with Crippen molar-refractivity contribution in [2.45, 2.75) is 20.2 Å². The maximum Gasteiger partial charge on any atom is 0.573 e. The summed E-state index contributed by atoms with van der Waals surface area (Å²) in [5.74, 6) is -1.35. The van der Waals surface area contributed by atoms with Crippen LogP contribution in [0.1, 0.15) is 24.2 Å². The fourth-order valence-electron chi connectivity index (χ4n) is 1.35. The van der Waals surface area contributed by atoms with Gasteiger partial charge in [-0.3, -0.25) is 0 Å². The van der Waals surface area contributed by atoms with Gasteiger partial charge in [-0.1, -0.05) is 0 Å². The van der Waals surface area contributed by atoms with E-state index in [-0.39, 0.29) is 24.5 Å². The molecule has 19 heavy (non-hydrogen) atoms. The third-order valence-corrected chi connectivity index (χ3v) is 1.99. The summed E-state index contributed by atoms with van der Waals surface area (Å²) in [6.07, 6.45) is -4.90.